The number of H-pyrrole nitrogens is 1. The zero-order chi connectivity index (χ0) is 16.4. The van der Waals surface area contributed by atoms with Gasteiger partial charge >= 0.3 is 11.3 Å². The van der Waals surface area contributed by atoms with E-state index in [1.807, 2.05) is 29.2 Å². The molecule has 1 aliphatic rings. The van der Waals surface area contributed by atoms with E-state index in [4.69, 9.17) is 4.74 Å². The second-order valence-corrected chi connectivity index (χ2v) is 6.11. The average molecular weight is 344 g/mol. The average Bonchev–Trinajstić information content (AvgIpc) is 3.05. The lowest BCUT2D eigenvalue weighted by molar-refractivity contribution is -0.408. The molecule has 23 heavy (non-hydrogen) atoms. The molecule has 0 bridgehead atoms. The van der Waals surface area contributed by atoms with Crippen LogP contribution in [0.25, 0.3) is 0 Å². The minimum Gasteiger partial charge on any atom is -0.497 e. The van der Waals surface area contributed by atoms with Crippen LogP contribution in [0, 0.1) is 0 Å². The van der Waals surface area contributed by atoms with Crippen molar-refractivity contribution in [1.29, 1.82) is 0 Å². The Labute approximate surface area is 136 Å². The van der Waals surface area contributed by atoms with Gasteiger partial charge in [0, 0.05) is 5.69 Å². The van der Waals surface area contributed by atoms with Crippen molar-refractivity contribution in [2.75, 3.05) is 43.1 Å². The highest BCUT2D eigenvalue weighted by molar-refractivity contribution is 7.13. The Morgan fingerprint density at radius 3 is 2.17 bits per heavy atom. The molecule has 124 valence electrons. The van der Waals surface area contributed by atoms with Crippen LogP contribution in [0.15, 0.2) is 29.6 Å². The van der Waals surface area contributed by atoms with E-state index in [9.17, 15) is 13.2 Å². The first-order chi connectivity index (χ1) is 11.0. The number of aromatic amines is 1. The summed E-state index contributed by atoms with van der Waals surface area (Å²) in [6, 6.07) is 7.80. The summed E-state index contributed by atoms with van der Waals surface area (Å²) < 4.78 is 43.1. The first kappa shape index (κ1) is 15.9. The second-order valence-electron chi connectivity index (χ2n) is 5.25. The molecule has 0 radical (unpaired) electrons. The molecule has 2 heterocycles. The van der Waals surface area contributed by atoms with Crippen LogP contribution in [0.5, 0.6) is 5.75 Å². The van der Waals surface area contributed by atoms with Gasteiger partial charge in [-0.05, 0) is 24.3 Å². The minimum absolute atomic E-state index is 0.562. The summed E-state index contributed by atoms with van der Waals surface area (Å²) in [5.41, 5.74) is 0.409. The summed E-state index contributed by atoms with van der Waals surface area (Å²) in [4.78, 5) is 6.65. The number of rotatable bonds is 3. The largest absolute Gasteiger partial charge is 0.497 e. The zero-order valence-corrected chi connectivity index (χ0v) is 13.4. The van der Waals surface area contributed by atoms with Gasteiger partial charge in [0.2, 0.25) is 5.69 Å². The minimum atomic E-state index is -4.32. The van der Waals surface area contributed by atoms with Crippen molar-refractivity contribution in [3.05, 3.63) is 35.3 Å². The third kappa shape index (κ3) is 3.52. The van der Waals surface area contributed by atoms with Crippen LogP contribution in [-0.4, -0.2) is 33.3 Å². The number of nitrogens with zero attached hydrogens (tertiary/aromatic N) is 2. The van der Waals surface area contributed by atoms with Crippen LogP contribution in [0.4, 0.5) is 24.0 Å². The van der Waals surface area contributed by atoms with Crippen molar-refractivity contribution in [2.45, 2.75) is 6.18 Å². The number of hydrogen-bond donors (Lipinski definition) is 0. The van der Waals surface area contributed by atoms with Crippen LogP contribution < -0.4 is 19.5 Å². The van der Waals surface area contributed by atoms with E-state index in [1.165, 1.54) is 0 Å². The quantitative estimate of drug-likeness (QED) is 0.858. The molecule has 1 aromatic carbocycles. The van der Waals surface area contributed by atoms with Crippen LogP contribution in [0.2, 0.25) is 0 Å². The fourth-order valence-corrected chi connectivity index (χ4v) is 3.46. The smallest absolute Gasteiger partial charge is 0.454 e. The molecule has 4 nitrogen and oxygen atoms in total. The van der Waals surface area contributed by atoms with Crippen molar-refractivity contribution in [1.82, 2.24) is 0 Å². The lowest BCUT2D eigenvalue weighted by Crippen LogP contribution is -2.47. The summed E-state index contributed by atoms with van der Waals surface area (Å²) in [7, 11) is 1.63. The highest BCUT2D eigenvalue weighted by Gasteiger charge is 2.38. The molecule has 0 saturated carbocycles. The van der Waals surface area contributed by atoms with Gasteiger partial charge in [-0.2, -0.15) is 13.2 Å². The number of hydrogen-bond acceptors (Lipinski definition) is 4. The van der Waals surface area contributed by atoms with E-state index >= 15 is 0 Å². The standard InChI is InChI=1S/C15H16F3N3OS/c1-22-12-4-2-11(3-5-12)20-6-8-21(9-7-20)14-19-13(10-23-14)15(16,17)18/h2-5,10H,6-9H2,1H3/p+1. The van der Waals surface area contributed by atoms with Gasteiger partial charge in [0.05, 0.1) is 25.6 Å². The van der Waals surface area contributed by atoms with Crippen LogP contribution in [0.3, 0.4) is 0 Å². The molecule has 0 aliphatic carbocycles. The van der Waals surface area contributed by atoms with Gasteiger partial charge < -0.3 is 9.64 Å². The van der Waals surface area contributed by atoms with E-state index in [0.717, 1.165) is 41.2 Å². The summed E-state index contributed by atoms with van der Waals surface area (Å²) >= 11 is 1.10. The summed E-state index contributed by atoms with van der Waals surface area (Å²) in [5.74, 6) is 0.806. The first-order valence-corrected chi connectivity index (χ1v) is 8.07. The maximum absolute atomic E-state index is 12.7. The first-order valence-electron chi connectivity index (χ1n) is 7.19. The van der Waals surface area contributed by atoms with Gasteiger partial charge in [0.15, 0.2) is 0 Å². The second kappa shape index (κ2) is 6.27. The molecule has 8 heteroatoms. The molecular formula is C15H17F3N3OS+. The number of methoxy groups -OCH3 is 1. The van der Waals surface area contributed by atoms with Crippen molar-refractivity contribution in [3.63, 3.8) is 0 Å². The monoisotopic (exact) mass is 344 g/mol. The van der Waals surface area contributed by atoms with Crippen molar-refractivity contribution >= 4 is 22.2 Å². The van der Waals surface area contributed by atoms with E-state index in [2.05, 4.69) is 9.88 Å². The third-order valence-electron chi connectivity index (χ3n) is 3.84. The number of nitrogens with one attached hydrogen (secondary N) is 1. The predicted octanol–water partition coefficient (Wildman–Crippen LogP) is 2.92. The van der Waals surface area contributed by atoms with Crippen LogP contribution in [0.1, 0.15) is 5.69 Å². The molecule has 1 N–H and O–H groups in total. The van der Waals surface area contributed by atoms with Crippen molar-refractivity contribution in [2.24, 2.45) is 0 Å². The van der Waals surface area contributed by atoms with E-state index in [1.54, 1.807) is 7.11 Å². The van der Waals surface area contributed by atoms with E-state index < -0.39 is 11.9 Å². The van der Waals surface area contributed by atoms with Gasteiger partial charge in [-0.1, -0.05) is 11.3 Å². The lowest BCUT2D eigenvalue weighted by atomic mass is 10.2. The van der Waals surface area contributed by atoms with Gasteiger partial charge in [0.25, 0.3) is 0 Å². The van der Waals surface area contributed by atoms with Crippen LogP contribution in [-0.2, 0) is 6.18 Å². The predicted molar refractivity (Wildman–Crippen MR) is 83.3 cm³/mol. The SMILES string of the molecule is COc1ccc(N2CCN(c3[nH+]c(C(F)(F)F)cs3)CC2)cc1. The van der Waals surface area contributed by atoms with E-state index in [-0.39, 0.29) is 0 Å². The maximum atomic E-state index is 12.7. The number of piperazine rings is 1. The Kier molecular flexibility index (Phi) is 4.34. The van der Waals surface area contributed by atoms with Crippen molar-refractivity contribution in [3.8, 4) is 5.75 Å². The number of halogens is 3. The molecular weight excluding hydrogens is 327 g/mol. The molecule has 0 amide bonds. The van der Waals surface area contributed by atoms with Gasteiger partial charge in [-0.15, -0.1) is 0 Å². The van der Waals surface area contributed by atoms with Gasteiger partial charge in [-0.25, -0.2) is 9.88 Å². The number of alkyl halides is 3. The fraction of sp³-hybridized carbons (Fsp3) is 0.400. The molecule has 0 unspecified atom stereocenters. The fourth-order valence-electron chi connectivity index (χ4n) is 2.54. The molecule has 2 aromatic rings. The molecule has 0 atom stereocenters. The molecule has 1 fully saturated rings. The molecule has 3 rings (SSSR count). The number of anilines is 2. The Bertz CT molecular complexity index is 649. The summed E-state index contributed by atoms with van der Waals surface area (Å²) in [6.45, 7) is 2.89. The maximum Gasteiger partial charge on any atom is 0.454 e. The number of aromatic nitrogens is 1. The zero-order valence-electron chi connectivity index (χ0n) is 12.6. The molecule has 0 spiro atoms. The summed E-state index contributed by atoms with van der Waals surface area (Å²) in [6.07, 6.45) is -4.32. The highest BCUT2D eigenvalue weighted by atomic mass is 32.1. The Morgan fingerprint density at radius 2 is 1.65 bits per heavy atom. The number of benzene rings is 1. The molecule has 1 saturated heterocycles. The van der Waals surface area contributed by atoms with E-state index in [0.29, 0.717) is 18.2 Å². The Morgan fingerprint density at radius 1 is 1.04 bits per heavy atom. The number of thiazole rings is 1. The van der Waals surface area contributed by atoms with Crippen LogP contribution >= 0.6 is 11.3 Å². The van der Waals surface area contributed by atoms with Gasteiger partial charge in [-0.3, -0.25) is 0 Å². The molecule has 1 aromatic heterocycles. The topological polar surface area (TPSA) is 29.9 Å². The van der Waals surface area contributed by atoms with Crippen molar-refractivity contribution < 1.29 is 22.9 Å². The summed E-state index contributed by atoms with van der Waals surface area (Å²) in [5, 5.41) is 1.69. The lowest BCUT2D eigenvalue weighted by Gasteiger charge is -2.32. The highest BCUT2D eigenvalue weighted by Crippen LogP contribution is 2.30. The normalized spacial score (nSPS) is 15.8. The molecule has 1 aliphatic heterocycles. The third-order valence-corrected chi connectivity index (χ3v) is 4.78. The van der Waals surface area contributed by atoms with Gasteiger partial charge in [0.1, 0.15) is 18.8 Å². The Balaban J connectivity index is 1.62. The Hall–Kier alpha value is -1.96. The number of ether oxygens (including phenoxy) is 1.